The topological polar surface area (TPSA) is 88.5 Å². The van der Waals surface area contributed by atoms with Crippen molar-refractivity contribution in [2.45, 2.75) is 25.3 Å². The molecule has 0 saturated heterocycles. The fourth-order valence-corrected chi connectivity index (χ4v) is 3.71. The Morgan fingerprint density at radius 2 is 2.12 bits per heavy atom. The van der Waals surface area contributed by atoms with Gasteiger partial charge < -0.3 is 15.2 Å². The summed E-state index contributed by atoms with van der Waals surface area (Å²) in [5.41, 5.74) is 1.79. The summed E-state index contributed by atoms with van der Waals surface area (Å²) in [7, 11) is 0. The number of amides is 1. The Morgan fingerprint density at radius 3 is 2.75 bits per heavy atom. The molecule has 8 heteroatoms. The van der Waals surface area contributed by atoms with Crippen molar-refractivity contribution < 1.29 is 19.4 Å². The maximum Gasteiger partial charge on any atom is 0.408 e. The van der Waals surface area contributed by atoms with Crippen LogP contribution in [0.2, 0.25) is 0 Å². The molecule has 1 unspecified atom stereocenters. The molecule has 6 nitrogen and oxygen atoms in total. The van der Waals surface area contributed by atoms with Crippen LogP contribution in [0.5, 0.6) is 0 Å². The molecule has 0 spiro atoms. The van der Waals surface area contributed by atoms with Crippen LogP contribution in [0.15, 0.2) is 35.7 Å². The number of carboxylic acid groups (broad SMARTS) is 1. The van der Waals surface area contributed by atoms with E-state index < -0.39 is 18.1 Å². The molecule has 1 aromatic heterocycles. The van der Waals surface area contributed by atoms with Crippen LogP contribution in [0, 0.1) is 6.92 Å². The standard InChI is InChI=1S/C16H18N2O4S2/c1-11-8-24-14(17-11)10-23-9-13(15(19)20)18-16(21)22-7-12-5-3-2-4-6-12/h2-6,8,13H,7,9-10H2,1H3,(H,18,21)(H,19,20). The first-order valence-electron chi connectivity index (χ1n) is 7.23. The molecule has 0 bridgehead atoms. The highest BCUT2D eigenvalue weighted by atomic mass is 32.2. The van der Waals surface area contributed by atoms with Crippen LogP contribution in [0.3, 0.4) is 0 Å². The third-order valence-electron chi connectivity index (χ3n) is 2.98. The fraction of sp³-hybridized carbons (Fsp3) is 0.312. The zero-order chi connectivity index (χ0) is 17.4. The van der Waals surface area contributed by atoms with Crippen LogP contribution in [0.1, 0.15) is 16.3 Å². The minimum absolute atomic E-state index is 0.102. The molecular weight excluding hydrogens is 348 g/mol. The lowest BCUT2D eigenvalue weighted by atomic mass is 10.2. The summed E-state index contributed by atoms with van der Waals surface area (Å²) in [6.45, 7) is 2.01. The highest BCUT2D eigenvalue weighted by molar-refractivity contribution is 7.98. The summed E-state index contributed by atoms with van der Waals surface area (Å²) < 4.78 is 5.04. The van der Waals surface area contributed by atoms with Gasteiger partial charge in [-0.1, -0.05) is 30.3 Å². The predicted molar refractivity (Wildman–Crippen MR) is 94.2 cm³/mol. The maximum atomic E-state index is 11.8. The summed E-state index contributed by atoms with van der Waals surface area (Å²) in [6, 6.07) is 8.20. The summed E-state index contributed by atoms with van der Waals surface area (Å²) in [5, 5.41) is 14.5. The van der Waals surface area contributed by atoms with E-state index in [-0.39, 0.29) is 12.4 Å². The largest absolute Gasteiger partial charge is 0.480 e. The van der Waals surface area contributed by atoms with E-state index in [1.807, 2.05) is 42.6 Å². The van der Waals surface area contributed by atoms with E-state index in [0.29, 0.717) is 5.75 Å². The number of aliphatic carboxylic acids is 1. The van der Waals surface area contributed by atoms with Crippen LogP contribution in [-0.2, 0) is 21.9 Å². The maximum absolute atomic E-state index is 11.8. The fourth-order valence-electron chi connectivity index (χ4n) is 1.81. The molecule has 1 aromatic carbocycles. The minimum atomic E-state index is -1.09. The molecule has 0 aliphatic heterocycles. The van der Waals surface area contributed by atoms with Crippen molar-refractivity contribution in [1.82, 2.24) is 10.3 Å². The number of carbonyl (C=O) groups is 2. The monoisotopic (exact) mass is 366 g/mol. The van der Waals surface area contributed by atoms with E-state index in [2.05, 4.69) is 10.3 Å². The average molecular weight is 366 g/mol. The summed E-state index contributed by atoms with van der Waals surface area (Å²) >= 11 is 2.95. The number of benzene rings is 1. The Hall–Kier alpha value is -2.06. The van der Waals surface area contributed by atoms with Crippen molar-refractivity contribution in [3.8, 4) is 0 Å². The molecule has 0 aliphatic carbocycles. The van der Waals surface area contributed by atoms with E-state index in [9.17, 15) is 14.7 Å². The third-order valence-corrected chi connectivity index (χ3v) is 5.18. The van der Waals surface area contributed by atoms with Crippen LogP contribution in [0.4, 0.5) is 4.79 Å². The quantitative estimate of drug-likeness (QED) is 0.746. The number of aryl methyl sites for hydroxylation is 1. The average Bonchev–Trinajstić information content (AvgIpc) is 2.98. The van der Waals surface area contributed by atoms with Gasteiger partial charge in [0.1, 0.15) is 17.7 Å². The van der Waals surface area contributed by atoms with Gasteiger partial charge in [0.15, 0.2) is 0 Å². The van der Waals surface area contributed by atoms with Gasteiger partial charge in [0.05, 0.1) is 0 Å². The number of thiazole rings is 1. The Labute approximate surface area is 148 Å². The van der Waals surface area contributed by atoms with Crippen LogP contribution in [0.25, 0.3) is 0 Å². The molecule has 0 saturated carbocycles. The van der Waals surface area contributed by atoms with Gasteiger partial charge >= 0.3 is 12.1 Å². The van der Waals surface area contributed by atoms with Crippen molar-refractivity contribution >= 4 is 35.2 Å². The van der Waals surface area contributed by atoms with Crippen molar-refractivity contribution in [2.75, 3.05) is 5.75 Å². The van der Waals surface area contributed by atoms with Crippen molar-refractivity contribution in [1.29, 1.82) is 0 Å². The summed E-state index contributed by atoms with van der Waals surface area (Å²) in [6.07, 6.45) is -0.739. The number of hydrogen-bond donors (Lipinski definition) is 2. The molecule has 24 heavy (non-hydrogen) atoms. The number of nitrogens with one attached hydrogen (secondary N) is 1. The van der Waals surface area contributed by atoms with E-state index in [0.717, 1.165) is 16.3 Å². The highest BCUT2D eigenvalue weighted by Gasteiger charge is 2.20. The molecule has 2 N–H and O–H groups in total. The SMILES string of the molecule is Cc1csc(CSCC(NC(=O)OCc2ccccc2)C(=O)O)n1. The number of ether oxygens (including phenoxy) is 1. The summed E-state index contributed by atoms with van der Waals surface area (Å²) in [5.74, 6) is -0.230. The molecule has 1 amide bonds. The number of alkyl carbamates (subject to hydrolysis) is 1. The smallest absolute Gasteiger partial charge is 0.408 e. The lowest BCUT2D eigenvalue weighted by Gasteiger charge is -2.14. The van der Waals surface area contributed by atoms with Crippen molar-refractivity contribution in [2.24, 2.45) is 0 Å². The Kier molecular flexibility index (Phi) is 7.07. The van der Waals surface area contributed by atoms with Crippen LogP contribution >= 0.6 is 23.1 Å². The van der Waals surface area contributed by atoms with E-state index in [1.165, 1.54) is 23.1 Å². The van der Waals surface area contributed by atoms with Crippen molar-refractivity contribution in [3.63, 3.8) is 0 Å². The van der Waals surface area contributed by atoms with E-state index in [4.69, 9.17) is 4.74 Å². The van der Waals surface area contributed by atoms with E-state index in [1.54, 1.807) is 0 Å². The normalized spacial score (nSPS) is 11.7. The zero-order valence-corrected chi connectivity index (χ0v) is 14.7. The first-order valence-corrected chi connectivity index (χ1v) is 9.27. The number of carbonyl (C=O) groups excluding carboxylic acids is 1. The van der Waals surface area contributed by atoms with Crippen molar-refractivity contribution in [3.05, 3.63) is 52.0 Å². The number of aromatic nitrogens is 1. The molecule has 0 aliphatic rings. The van der Waals surface area contributed by atoms with Gasteiger partial charge in [-0.15, -0.1) is 11.3 Å². The van der Waals surface area contributed by atoms with Gasteiger partial charge in [-0.25, -0.2) is 14.6 Å². The molecular formula is C16H18N2O4S2. The Morgan fingerprint density at radius 1 is 1.38 bits per heavy atom. The molecule has 0 radical (unpaired) electrons. The van der Waals surface area contributed by atoms with Gasteiger partial charge in [-0.05, 0) is 12.5 Å². The summed E-state index contributed by atoms with van der Waals surface area (Å²) in [4.78, 5) is 27.3. The second kappa shape index (κ2) is 9.29. The molecule has 2 aromatic rings. The van der Waals surface area contributed by atoms with Gasteiger partial charge in [-0.2, -0.15) is 11.8 Å². The number of hydrogen-bond acceptors (Lipinski definition) is 6. The number of carboxylic acids is 1. The lowest BCUT2D eigenvalue weighted by molar-refractivity contribution is -0.138. The van der Waals surface area contributed by atoms with E-state index >= 15 is 0 Å². The lowest BCUT2D eigenvalue weighted by Crippen LogP contribution is -2.42. The molecule has 0 fully saturated rings. The third kappa shape index (κ3) is 6.21. The Bertz CT molecular complexity index is 676. The predicted octanol–water partition coefficient (Wildman–Crippen LogP) is 3.06. The molecule has 128 valence electrons. The first kappa shape index (κ1) is 18.3. The second-order valence-corrected chi connectivity index (χ2v) is 6.97. The van der Waals surface area contributed by atoms with Crippen LogP contribution < -0.4 is 5.32 Å². The number of rotatable bonds is 8. The highest BCUT2D eigenvalue weighted by Crippen LogP contribution is 2.17. The van der Waals surface area contributed by atoms with Gasteiger partial charge in [0.2, 0.25) is 0 Å². The molecule has 1 heterocycles. The van der Waals surface area contributed by atoms with Crippen LogP contribution in [-0.4, -0.2) is 33.9 Å². The second-order valence-electron chi connectivity index (χ2n) is 4.99. The first-order chi connectivity index (χ1) is 11.5. The number of thioether (sulfide) groups is 1. The molecule has 2 rings (SSSR count). The Balaban J connectivity index is 1.75. The van der Waals surface area contributed by atoms with Gasteiger partial charge in [-0.3, -0.25) is 0 Å². The van der Waals surface area contributed by atoms with Gasteiger partial charge in [0, 0.05) is 22.6 Å². The minimum Gasteiger partial charge on any atom is -0.480 e. The van der Waals surface area contributed by atoms with Gasteiger partial charge in [0.25, 0.3) is 0 Å². The molecule has 1 atom stereocenters. The number of nitrogens with zero attached hydrogens (tertiary/aromatic N) is 1. The zero-order valence-electron chi connectivity index (χ0n) is 13.1.